The third-order valence-corrected chi connectivity index (χ3v) is 5.16. The Hall–Kier alpha value is -2.48. The van der Waals surface area contributed by atoms with Gasteiger partial charge in [-0.25, -0.2) is 13.9 Å². The van der Waals surface area contributed by atoms with Crippen LogP contribution in [0.25, 0.3) is 5.78 Å². The van der Waals surface area contributed by atoms with Crippen molar-refractivity contribution in [1.82, 2.24) is 24.9 Å². The van der Waals surface area contributed by atoms with Crippen LogP contribution in [0.1, 0.15) is 35.5 Å². The molecule has 0 aliphatic carbocycles. The van der Waals surface area contributed by atoms with E-state index in [4.69, 9.17) is 0 Å². The SMILES string of the molecule is Cc1nc2nc(SCC(=O)N[C@H](C)c3ccc(F)cc3)nn2c(C)c1C. The molecule has 2 aromatic heterocycles. The van der Waals surface area contributed by atoms with E-state index in [0.29, 0.717) is 10.9 Å². The lowest BCUT2D eigenvalue weighted by Crippen LogP contribution is -2.28. The van der Waals surface area contributed by atoms with Gasteiger partial charge in [-0.2, -0.15) is 4.98 Å². The number of hydrogen-bond acceptors (Lipinski definition) is 5. The number of benzene rings is 1. The van der Waals surface area contributed by atoms with Crippen molar-refractivity contribution in [2.75, 3.05) is 5.75 Å². The number of rotatable bonds is 5. The average Bonchev–Trinajstić information content (AvgIpc) is 3.01. The number of nitrogens with one attached hydrogen (secondary N) is 1. The van der Waals surface area contributed by atoms with E-state index < -0.39 is 0 Å². The predicted molar refractivity (Wildman–Crippen MR) is 98.7 cm³/mol. The largest absolute Gasteiger partial charge is 0.349 e. The summed E-state index contributed by atoms with van der Waals surface area (Å²) in [6.07, 6.45) is 0. The zero-order chi connectivity index (χ0) is 18.8. The van der Waals surface area contributed by atoms with Gasteiger partial charge in [0, 0.05) is 11.4 Å². The van der Waals surface area contributed by atoms with Gasteiger partial charge >= 0.3 is 0 Å². The summed E-state index contributed by atoms with van der Waals surface area (Å²) in [4.78, 5) is 21.0. The Bertz CT molecular complexity index is 954. The second-order valence-electron chi connectivity index (χ2n) is 6.14. The molecule has 1 atom stereocenters. The summed E-state index contributed by atoms with van der Waals surface area (Å²) in [7, 11) is 0. The van der Waals surface area contributed by atoms with E-state index in [1.165, 1.54) is 23.9 Å². The van der Waals surface area contributed by atoms with Crippen LogP contribution in [0, 0.1) is 26.6 Å². The Morgan fingerprint density at radius 2 is 1.92 bits per heavy atom. The number of carbonyl (C=O) groups is 1. The molecule has 1 N–H and O–H groups in total. The summed E-state index contributed by atoms with van der Waals surface area (Å²) in [5.41, 5.74) is 3.83. The fourth-order valence-electron chi connectivity index (χ4n) is 2.55. The van der Waals surface area contributed by atoms with E-state index in [1.807, 2.05) is 27.7 Å². The average molecular weight is 373 g/mol. The standard InChI is InChI=1S/C18H20FN5OS/c1-10-11(2)21-17-22-18(23-24(17)13(10)4)26-9-16(25)20-12(3)14-5-7-15(19)8-6-14/h5-8,12H,9H2,1-4H3,(H,20,25)/t12-/m1/s1. The first kappa shape index (κ1) is 18.3. The second kappa shape index (κ2) is 7.41. The third-order valence-electron chi connectivity index (χ3n) is 4.32. The molecule has 1 aromatic carbocycles. The molecule has 0 spiro atoms. The summed E-state index contributed by atoms with van der Waals surface area (Å²) >= 11 is 1.26. The number of amides is 1. The monoisotopic (exact) mass is 373 g/mol. The number of hydrogen-bond donors (Lipinski definition) is 1. The number of carbonyl (C=O) groups excluding carboxylic acids is 1. The Balaban J connectivity index is 1.63. The Kier molecular flexibility index (Phi) is 5.22. The molecule has 3 aromatic rings. The van der Waals surface area contributed by atoms with Crippen LogP contribution in [-0.2, 0) is 4.79 Å². The van der Waals surface area contributed by atoms with Gasteiger partial charge in [-0.05, 0) is 51.0 Å². The fraction of sp³-hybridized carbons (Fsp3) is 0.333. The summed E-state index contributed by atoms with van der Waals surface area (Å²) in [5.74, 6) is 0.297. The van der Waals surface area contributed by atoms with Crippen LogP contribution < -0.4 is 5.32 Å². The maximum Gasteiger partial charge on any atom is 0.253 e. The fourth-order valence-corrected chi connectivity index (χ4v) is 3.18. The Morgan fingerprint density at radius 3 is 2.62 bits per heavy atom. The zero-order valence-corrected chi connectivity index (χ0v) is 15.9. The molecule has 8 heteroatoms. The van der Waals surface area contributed by atoms with Crippen LogP contribution in [0.2, 0.25) is 0 Å². The molecule has 0 saturated heterocycles. The summed E-state index contributed by atoms with van der Waals surface area (Å²) < 4.78 is 14.7. The molecular formula is C18H20FN5OS. The zero-order valence-electron chi connectivity index (χ0n) is 15.1. The molecule has 6 nitrogen and oxygen atoms in total. The van der Waals surface area contributed by atoms with Gasteiger partial charge in [-0.1, -0.05) is 23.9 Å². The van der Waals surface area contributed by atoms with E-state index in [9.17, 15) is 9.18 Å². The first-order chi connectivity index (χ1) is 12.3. The molecule has 26 heavy (non-hydrogen) atoms. The molecule has 1 amide bonds. The summed E-state index contributed by atoms with van der Waals surface area (Å²) in [5, 5.41) is 7.82. The molecular weight excluding hydrogens is 353 g/mol. The van der Waals surface area contributed by atoms with Gasteiger partial charge < -0.3 is 5.32 Å². The highest BCUT2D eigenvalue weighted by atomic mass is 32.2. The maximum absolute atomic E-state index is 13.0. The van der Waals surface area contributed by atoms with E-state index in [2.05, 4.69) is 20.4 Å². The van der Waals surface area contributed by atoms with Crippen LogP contribution in [0.15, 0.2) is 29.4 Å². The molecule has 0 aliphatic heterocycles. The molecule has 0 bridgehead atoms. The van der Waals surface area contributed by atoms with Crippen molar-refractivity contribution in [2.45, 2.75) is 38.9 Å². The summed E-state index contributed by atoms with van der Waals surface area (Å²) in [6.45, 7) is 7.76. The van der Waals surface area contributed by atoms with Crippen LogP contribution >= 0.6 is 11.8 Å². The van der Waals surface area contributed by atoms with Gasteiger partial charge in [0.15, 0.2) is 0 Å². The van der Waals surface area contributed by atoms with Crippen LogP contribution in [0.5, 0.6) is 0 Å². The van der Waals surface area contributed by atoms with Crippen molar-refractivity contribution < 1.29 is 9.18 Å². The molecule has 136 valence electrons. The van der Waals surface area contributed by atoms with Crippen LogP contribution in [0.4, 0.5) is 4.39 Å². The van der Waals surface area contributed by atoms with Crippen LogP contribution in [0.3, 0.4) is 0 Å². The van der Waals surface area contributed by atoms with Gasteiger partial charge in [-0.15, -0.1) is 5.10 Å². The number of aromatic nitrogens is 4. The van der Waals surface area contributed by atoms with Gasteiger partial charge in [0.05, 0.1) is 11.8 Å². The highest BCUT2D eigenvalue weighted by Gasteiger charge is 2.14. The molecule has 0 fully saturated rings. The number of aryl methyl sites for hydroxylation is 2. The number of halogens is 1. The predicted octanol–water partition coefficient (Wildman–Crippen LogP) is 3.16. The lowest BCUT2D eigenvalue weighted by atomic mass is 10.1. The Labute approximate surface area is 155 Å². The van der Waals surface area contributed by atoms with E-state index in [-0.39, 0.29) is 23.5 Å². The molecule has 0 saturated carbocycles. The normalized spacial score (nSPS) is 12.3. The van der Waals surface area contributed by atoms with Crippen molar-refractivity contribution in [3.05, 3.63) is 52.6 Å². The van der Waals surface area contributed by atoms with E-state index >= 15 is 0 Å². The minimum Gasteiger partial charge on any atom is -0.349 e. The van der Waals surface area contributed by atoms with E-state index in [1.54, 1.807) is 16.6 Å². The highest BCUT2D eigenvalue weighted by molar-refractivity contribution is 7.99. The van der Waals surface area contributed by atoms with Crippen molar-refractivity contribution in [3.8, 4) is 0 Å². The first-order valence-electron chi connectivity index (χ1n) is 8.23. The number of thioether (sulfide) groups is 1. The lowest BCUT2D eigenvalue weighted by Gasteiger charge is -2.13. The van der Waals surface area contributed by atoms with Gasteiger partial charge in [0.2, 0.25) is 11.1 Å². The molecule has 2 heterocycles. The topological polar surface area (TPSA) is 72.2 Å². The smallest absolute Gasteiger partial charge is 0.253 e. The van der Waals surface area contributed by atoms with Crippen molar-refractivity contribution in [2.24, 2.45) is 0 Å². The van der Waals surface area contributed by atoms with Crippen molar-refractivity contribution in [1.29, 1.82) is 0 Å². The van der Waals surface area contributed by atoms with Gasteiger partial charge in [0.25, 0.3) is 5.78 Å². The molecule has 0 aliphatic rings. The van der Waals surface area contributed by atoms with Crippen molar-refractivity contribution in [3.63, 3.8) is 0 Å². The minimum absolute atomic E-state index is 0.136. The number of fused-ring (bicyclic) bond motifs is 1. The molecule has 3 rings (SSSR count). The second-order valence-corrected chi connectivity index (χ2v) is 7.09. The maximum atomic E-state index is 13.0. The first-order valence-corrected chi connectivity index (χ1v) is 9.22. The van der Waals surface area contributed by atoms with E-state index in [0.717, 1.165) is 22.5 Å². The quantitative estimate of drug-likeness (QED) is 0.696. The molecule has 0 radical (unpaired) electrons. The van der Waals surface area contributed by atoms with Gasteiger partial charge in [0.1, 0.15) is 5.82 Å². The number of nitrogens with zero attached hydrogens (tertiary/aromatic N) is 4. The lowest BCUT2D eigenvalue weighted by molar-refractivity contribution is -0.119. The van der Waals surface area contributed by atoms with Gasteiger partial charge in [-0.3, -0.25) is 4.79 Å². The van der Waals surface area contributed by atoms with Crippen molar-refractivity contribution >= 4 is 23.4 Å². The Morgan fingerprint density at radius 1 is 1.23 bits per heavy atom. The summed E-state index contributed by atoms with van der Waals surface area (Å²) in [6, 6.07) is 5.89. The third kappa shape index (κ3) is 3.85. The van der Waals surface area contributed by atoms with Crippen LogP contribution in [-0.4, -0.2) is 31.2 Å². The molecule has 0 unspecified atom stereocenters. The minimum atomic E-state index is -0.296. The highest BCUT2D eigenvalue weighted by Crippen LogP contribution is 2.18.